The molecule has 0 saturated heterocycles. The topological polar surface area (TPSA) is 52.1 Å². The van der Waals surface area contributed by atoms with Crippen molar-refractivity contribution < 1.29 is 22.7 Å². The number of nitrogens with zero attached hydrogens (tertiary/aromatic N) is 2. The first-order valence-electron chi connectivity index (χ1n) is 4.44. The molecule has 0 aliphatic heterocycles. The Morgan fingerprint density at radius 2 is 2.12 bits per heavy atom. The Morgan fingerprint density at radius 1 is 1.50 bits per heavy atom. The van der Waals surface area contributed by atoms with Crippen molar-refractivity contribution in [3.8, 4) is 6.01 Å². The molecule has 0 unspecified atom stereocenters. The Balaban J connectivity index is 3.27. The molecule has 0 aromatic carbocycles. The predicted molar refractivity (Wildman–Crippen MR) is 48.2 cm³/mol. The van der Waals surface area contributed by atoms with Crippen LogP contribution in [0.1, 0.15) is 29.9 Å². The molecule has 0 amide bonds. The predicted octanol–water partition coefficient (Wildman–Crippen LogP) is 2.10. The number of hydrogen-bond donors (Lipinski definition) is 0. The lowest BCUT2D eigenvalue weighted by atomic mass is 10.1. The third kappa shape index (κ3) is 2.68. The lowest BCUT2D eigenvalue weighted by Crippen LogP contribution is -2.16. The van der Waals surface area contributed by atoms with Crippen molar-refractivity contribution in [1.82, 2.24) is 9.97 Å². The van der Waals surface area contributed by atoms with E-state index in [4.69, 9.17) is 4.74 Å². The standard InChI is InChI=1S/C9H9F3N2O2/c1-3-16-8-13-4-6(5(2)15)7(14-8)9(10,11)12/h4H,3H2,1-2H3. The lowest BCUT2D eigenvalue weighted by Gasteiger charge is -2.10. The van der Waals surface area contributed by atoms with Crippen LogP contribution >= 0.6 is 0 Å². The molecule has 0 saturated carbocycles. The quantitative estimate of drug-likeness (QED) is 0.751. The van der Waals surface area contributed by atoms with Crippen molar-refractivity contribution in [2.24, 2.45) is 0 Å². The van der Waals surface area contributed by atoms with Gasteiger partial charge in [-0.05, 0) is 13.8 Å². The van der Waals surface area contributed by atoms with Crippen molar-refractivity contribution >= 4 is 5.78 Å². The van der Waals surface area contributed by atoms with E-state index >= 15 is 0 Å². The normalized spacial score (nSPS) is 11.3. The zero-order valence-electron chi connectivity index (χ0n) is 8.63. The molecule has 16 heavy (non-hydrogen) atoms. The van der Waals surface area contributed by atoms with Gasteiger partial charge >= 0.3 is 12.2 Å². The van der Waals surface area contributed by atoms with Crippen LogP contribution in [0.3, 0.4) is 0 Å². The van der Waals surface area contributed by atoms with E-state index in [0.29, 0.717) is 0 Å². The summed E-state index contributed by atoms with van der Waals surface area (Å²) < 4.78 is 42.3. The molecule has 0 aliphatic carbocycles. The van der Waals surface area contributed by atoms with Crippen LogP contribution in [0.2, 0.25) is 0 Å². The van der Waals surface area contributed by atoms with Gasteiger partial charge in [-0.1, -0.05) is 0 Å². The molecule has 1 rings (SSSR count). The fourth-order valence-corrected chi connectivity index (χ4v) is 1.04. The maximum atomic E-state index is 12.5. The van der Waals surface area contributed by atoms with Crippen LogP contribution in [0, 0.1) is 0 Å². The minimum atomic E-state index is -4.70. The largest absolute Gasteiger partial charge is 0.464 e. The maximum Gasteiger partial charge on any atom is 0.434 e. The van der Waals surface area contributed by atoms with Gasteiger partial charge in [-0.15, -0.1) is 0 Å². The highest BCUT2D eigenvalue weighted by Crippen LogP contribution is 2.31. The molecule has 88 valence electrons. The molecular weight excluding hydrogens is 225 g/mol. The molecule has 0 atom stereocenters. The highest BCUT2D eigenvalue weighted by atomic mass is 19.4. The van der Waals surface area contributed by atoms with Crippen LogP contribution in [-0.4, -0.2) is 22.4 Å². The van der Waals surface area contributed by atoms with E-state index in [1.54, 1.807) is 6.92 Å². The summed E-state index contributed by atoms with van der Waals surface area (Å²) in [7, 11) is 0. The van der Waals surface area contributed by atoms with Gasteiger partial charge in [0.05, 0.1) is 12.2 Å². The van der Waals surface area contributed by atoms with E-state index in [2.05, 4.69) is 9.97 Å². The van der Waals surface area contributed by atoms with Gasteiger partial charge in [0.2, 0.25) is 0 Å². The van der Waals surface area contributed by atoms with Crippen molar-refractivity contribution in [3.63, 3.8) is 0 Å². The number of ketones is 1. The molecule has 7 heteroatoms. The summed E-state index contributed by atoms with van der Waals surface area (Å²) in [5.74, 6) is -0.740. The summed E-state index contributed by atoms with van der Waals surface area (Å²) in [4.78, 5) is 17.6. The van der Waals surface area contributed by atoms with Crippen LogP contribution in [0.15, 0.2) is 6.20 Å². The highest BCUT2D eigenvalue weighted by Gasteiger charge is 2.37. The third-order valence-electron chi connectivity index (χ3n) is 1.69. The lowest BCUT2D eigenvalue weighted by molar-refractivity contribution is -0.141. The number of carbonyl (C=O) groups excluding carboxylic acids is 1. The second kappa shape index (κ2) is 4.46. The second-order valence-corrected chi connectivity index (χ2v) is 2.90. The molecule has 0 spiro atoms. The summed E-state index contributed by atoms with van der Waals surface area (Å²) in [6.45, 7) is 2.76. The summed E-state index contributed by atoms with van der Waals surface area (Å²) in [6, 6.07) is -0.389. The number of alkyl halides is 3. The smallest absolute Gasteiger partial charge is 0.434 e. The average Bonchev–Trinajstić information content (AvgIpc) is 2.16. The van der Waals surface area contributed by atoms with Gasteiger partial charge in [-0.2, -0.15) is 18.2 Å². The highest BCUT2D eigenvalue weighted by molar-refractivity contribution is 5.95. The SMILES string of the molecule is CCOc1ncc(C(C)=O)c(C(F)(F)F)n1. The van der Waals surface area contributed by atoms with Crippen molar-refractivity contribution in [1.29, 1.82) is 0 Å². The van der Waals surface area contributed by atoms with Crippen molar-refractivity contribution in [2.45, 2.75) is 20.0 Å². The Labute approximate surface area is 89.5 Å². The average molecular weight is 234 g/mol. The number of aromatic nitrogens is 2. The van der Waals surface area contributed by atoms with Crippen molar-refractivity contribution in [2.75, 3.05) is 6.61 Å². The minimum absolute atomic E-state index is 0.150. The Bertz CT molecular complexity index is 404. The number of halogens is 3. The first-order valence-corrected chi connectivity index (χ1v) is 4.44. The van der Waals surface area contributed by atoms with Crippen LogP contribution in [-0.2, 0) is 6.18 Å². The van der Waals surface area contributed by atoms with Crippen LogP contribution < -0.4 is 4.74 Å². The van der Waals surface area contributed by atoms with Crippen molar-refractivity contribution in [3.05, 3.63) is 17.5 Å². The first-order chi connectivity index (χ1) is 7.36. The number of rotatable bonds is 3. The number of hydrogen-bond acceptors (Lipinski definition) is 4. The molecule has 0 aliphatic rings. The molecule has 1 aromatic rings. The van der Waals surface area contributed by atoms with Gasteiger partial charge in [0.25, 0.3) is 0 Å². The van der Waals surface area contributed by atoms with Gasteiger partial charge in [0.15, 0.2) is 11.5 Å². The van der Waals surface area contributed by atoms with E-state index in [1.165, 1.54) is 0 Å². The summed E-state index contributed by atoms with van der Waals surface area (Å²) in [6.07, 6.45) is -3.88. The Kier molecular flexibility index (Phi) is 3.46. The van der Waals surface area contributed by atoms with E-state index < -0.39 is 23.2 Å². The molecule has 0 radical (unpaired) electrons. The number of carbonyl (C=O) groups is 1. The van der Waals surface area contributed by atoms with E-state index in [9.17, 15) is 18.0 Å². The Morgan fingerprint density at radius 3 is 2.56 bits per heavy atom. The minimum Gasteiger partial charge on any atom is -0.464 e. The molecular formula is C9H9F3N2O2. The summed E-state index contributed by atoms with van der Waals surface area (Å²) >= 11 is 0. The zero-order valence-corrected chi connectivity index (χ0v) is 8.63. The number of Topliss-reactive ketones (excluding diaryl/α,β-unsaturated/α-hetero) is 1. The van der Waals surface area contributed by atoms with E-state index in [0.717, 1.165) is 13.1 Å². The van der Waals surface area contributed by atoms with Gasteiger partial charge in [0.1, 0.15) is 0 Å². The molecule has 0 fully saturated rings. The maximum absolute atomic E-state index is 12.5. The number of ether oxygens (including phenoxy) is 1. The fourth-order valence-electron chi connectivity index (χ4n) is 1.04. The zero-order chi connectivity index (χ0) is 12.3. The van der Waals surface area contributed by atoms with E-state index in [-0.39, 0.29) is 12.6 Å². The third-order valence-corrected chi connectivity index (χ3v) is 1.69. The van der Waals surface area contributed by atoms with Gasteiger partial charge < -0.3 is 4.74 Å². The van der Waals surface area contributed by atoms with Crippen LogP contribution in [0.5, 0.6) is 6.01 Å². The Hall–Kier alpha value is -1.66. The summed E-state index contributed by atoms with van der Waals surface area (Å²) in [5, 5.41) is 0. The molecule has 1 aromatic heterocycles. The molecule has 1 heterocycles. The van der Waals surface area contributed by atoms with Gasteiger partial charge in [0, 0.05) is 6.20 Å². The van der Waals surface area contributed by atoms with Crippen LogP contribution in [0.4, 0.5) is 13.2 Å². The first kappa shape index (κ1) is 12.4. The molecule has 4 nitrogen and oxygen atoms in total. The van der Waals surface area contributed by atoms with Gasteiger partial charge in [-0.25, -0.2) is 4.98 Å². The molecule has 0 bridgehead atoms. The second-order valence-electron chi connectivity index (χ2n) is 2.90. The summed E-state index contributed by atoms with van der Waals surface area (Å²) in [5.41, 5.74) is -1.82. The van der Waals surface area contributed by atoms with Gasteiger partial charge in [-0.3, -0.25) is 4.79 Å². The van der Waals surface area contributed by atoms with E-state index in [1.807, 2.05) is 0 Å². The monoisotopic (exact) mass is 234 g/mol. The van der Waals surface area contributed by atoms with Crippen LogP contribution in [0.25, 0.3) is 0 Å². The molecule has 0 N–H and O–H groups in total. The fraction of sp³-hybridized carbons (Fsp3) is 0.444.